The zero-order valence-corrected chi connectivity index (χ0v) is 14.5. The summed E-state index contributed by atoms with van der Waals surface area (Å²) in [7, 11) is 4.26. The molecule has 0 fully saturated rings. The normalized spacial score (nSPS) is 20.8. The quantitative estimate of drug-likeness (QED) is 0.841. The van der Waals surface area contributed by atoms with Crippen LogP contribution in [0.1, 0.15) is 41.0 Å². The first-order valence-corrected chi connectivity index (χ1v) is 8.05. The van der Waals surface area contributed by atoms with Gasteiger partial charge in [0, 0.05) is 18.3 Å². The molecule has 4 heteroatoms. The van der Waals surface area contributed by atoms with Crippen molar-refractivity contribution in [3.63, 3.8) is 0 Å². The van der Waals surface area contributed by atoms with Crippen LogP contribution >= 0.6 is 11.8 Å². The third kappa shape index (κ3) is 7.21. The van der Waals surface area contributed by atoms with Crippen molar-refractivity contribution in [2.45, 2.75) is 46.3 Å². The minimum Gasteiger partial charge on any atom is -0.364 e. The number of rotatable bonds is 5. The van der Waals surface area contributed by atoms with Crippen LogP contribution in [0, 0.1) is 10.8 Å². The average molecular weight is 286 g/mol. The number of aliphatic imine (C=N–C) groups is 1. The maximum absolute atomic E-state index is 4.64. The Hall–Kier alpha value is -0.220. The summed E-state index contributed by atoms with van der Waals surface area (Å²) in [5.74, 6) is 0. The Labute approximate surface area is 123 Å². The minimum atomic E-state index is 0.273. The standard InChI is InChI=1S/C15H31N3S/c1-14(2,3)8-12-9-16-13(19-12)17-10-15(4,5)11-18(6)7/h12H,8-11H2,1-7H3,(H,16,17). The highest BCUT2D eigenvalue weighted by Gasteiger charge is 2.26. The fourth-order valence-corrected chi connectivity index (χ4v) is 3.88. The van der Waals surface area contributed by atoms with E-state index >= 15 is 0 Å². The van der Waals surface area contributed by atoms with Crippen molar-refractivity contribution < 1.29 is 0 Å². The molecule has 1 heterocycles. The lowest BCUT2D eigenvalue weighted by Crippen LogP contribution is -2.39. The molecule has 0 aromatic rings. The highest BCUT2D eigenvalue weighted by Crippen LogP contribution is 2.31. The molecule has 0 spiro atoms. The van der Waals surface area contributed by atoms with Crippen LogP contribution < -0.4 is 5.32 Å². The fourth-order valence-electron chi connectivity index (χ4n) is 2.53. The number of amidine groups is 1. The van der Waals surface area contributed by atoms with Gasteiger partial charge in [-0.3, -0.25) is 4.99 Å². The summed E-state index contributed by atoms with van der Waals surface area (Å²) in [5, 5.41) is 5.32. The van der Waals surface area contributed by atoms with E-state index in [2.05, 4.69) is 63.9 Å². The van der Waals surface area contributed by atoms with Crippen LogP contribution in [-0.2, 0) is 0 Å². The first-order valence-electron chi connectivity index (χ1n) is 7.17. The number of thioether (sulfide) groups is 1. The molecular formula is C15H31N3S. The third-order valence-corrected chi connectivity index (χ3v) is 4.17. The van der Waals surface area contributed by atoms with Crippen molar-refractivity contribution in [1.82, 2.24) is 10.2 Å². The highest BCUT2D eigenvalue weighted by atomic mass is 32.2. The monoisotopic (exact) mass is 285 g/mol. The molecule has 1 atom stereocenters. The van der Waals surface area contributed by atoms with E-state index in [9.17, 15) is 0 Å². The van der Waals surface area contributed by atoms with Gasteiger partial charge in [-0.1, -0.05) is 46.4 Å². The summed E-state index contributed by atoms with van der Waals surface area (Å²) in [6.07, 6.45) is 1.23. The van der Waals surface area contributed by atoms with E-state index in [0.29, 0.717) is 10.7 Å². The molecule has 1 aliphatic heterocycles. The Morgan fingerprint density at radius 3 is 2.42 bits per heavy atom. The van der Waals surface area contributed by atoms with Crippen LogP contribution in [0.25, 0.3) is 0 Å². The van der Waals surface area contributed by atoms with Crippen LogP contribution in [0.4, 0.5) is 0 Å². The van der Waals surface area contributed by atoms with Gasteiger partial charge >= 0.3 is 0 Å². The van der Waals surface area contributed by atoms with Crippen LogP contribution in [0.5, 0.6) is 0 Å². The molecule has 0 bridgehead atoms. The van der Waals surface area contributed by atoms with E-state index in [1.165, 1.54) is 6.42 Å². The molecule has 112 valence electrons. The van der Waals surface area contributed by atoms with Crippen LogP contribution in [0.3, 0.4) is 0 Å². The van der Waals surface area contributed by atoms with E-state index in [1.54, 1.807) is 0 Å². The van der Waals surface area contributed by atoms with Gasteiger partial charge in [0.2, 0.25) is 0 Å². The fraction of sp³-hybridized carbons (Fsp3) is 0.933. The number of hydrogen-bond acceptors (Lipinski definition) is 4. The summed E-state index contributed by atoms with van der Waals surface area (Å²) >= 11 is 1.92. The maximum Gasteiger partial charge on any atom is 0.156 e. The van der Waals surface area contributed by atoms with Crippen LogP contribution in [0.2, 0.25) is 0 Å². The van der Waals surface area contributed by atoms with Crippen molar-refractivity contribution in [3.8, 4) is 0 Å². The van der Waals surface area contributed by atoms with Gasteiger partial charge in [-0.05, 0) is 31.3 Å². The number of nitrogens with one attached hydrogen (secondary N) is 1. The topological polar surface area (TPSA) is 27.6 Å². The Balaban J connectivity index is 2.33. The lowest BCUT2D eigenvalue weighted by molar-refractivity contribution is 0.242. The maximum atomic E-state index is 4.64. The van der Waals surface area contributed by atoms with Gasteiger partial charge in [-0.2, -0.15) is 0 Å². The molecule has 0 saturated heterocycles. The van der Waals surface area contributed by atoms with Gasteiger partial charge in [0.1, 0.15) is 0 Å². The van der Waals surface area contributed by atoms with Gasteiger partial charge in [0.15, 0.2) is 5.17 Å². The molecule has 0 aromatic heterocycles. The van der Waals surface area contributed by atoms with Crippen molar-refractivity contribution in [1.29, 1.82) is 0 Å². The Bertz CT molecular complexity index is 316. The average Bonchev–Trinajstić information content (AvgIpc) is 2.58. The highest BCUT2D eigenvalue weighted by molar-refractivity contribution is 8.14. The van der Waals surface area contributed by atoms with Crippen LogP contribution in [-0.4, -0.2) is 49.0 Å². The van der Waals surface area contributed by atoms with Crippen molar-refractivity contribution in [2.24, 2.45) is 15.8 Å². The SMILES string of the molecule is CN(C)CC(C)(C)CNC1=NCC(CC(C)(C)C)S1. The molecule has 1 rings (SSSR count). The zero-order chi connectivity index (χ0) is 14.7. The molecule has 3 nitrogen and oxygen atoms in total. The lowest BCUT2D eigenvalue weighted by Gasteiger charge is -2.28. The molecule has 0 amide bonds. The molecule has 1 aliphatic rings. The van der Waals surface area contributed by atoms with Gasteiger partial charge in [0.25, 0.3) is 0 Å². The van der Waals surface area contributed by atoms with Crippen LogP contribution in [0.15, 0.2) is 4.99 Å². The zero-order valence-electron chi connectivity index (χ0n) is 13.7. The number of nitrogens with zero attached hydrogens (tertiary/aromatic N) is 2. The van der Waals surface area contributed by atoms with Gasteiger partial charge < -0.3 is 10.2 Å². The van der Waals surface area contributed by atoms with Gasteiger partial charge in [-0.15, -0.1) is 0 Å². The predicted octanol–water partition coefficient (Wildman–Crippen LogP) is 3.07. The molecule has 0 aromatic carbocycles. The Morgan fingerprint density at radius 2 is 1.89 bits per heavy atom. The second-order valence-electron chi connectivity index (χ2n) is 7.91. The first kappa shape index (κ1) is 16.8. The third-order valence-electron chi connectivity index (χ3n) is 3.02. The molecule has 0 saturated carbocycles. The predicted molar refractivity (Wildman–Crippen MR) is 88.1 cm³/mol. The second kappa shape index (κ2) is 6.49. The summed E-state index contributed by atoms with van der Waals surface area (Å²) in [6, 6.07) is 0. The molecule has 1 N–H and O–H groups in total. The smallest absolute Gasteiger partial charge is 0.156 e. The molecule has 0 radical (unpaired) electrons. The van der Waals surface area contributed by atoms with Gasteiger partial charge in [0.05, 0.1) is 6.54 Å². The Kier molecular flexibility index (Phi) is 5.75. The van der Waals surface area contributed by atoms with E-state index in [0.717, 1.165) is 24.8 Å². The summed E-state index contributed by atoms with van der Waals surface area (Å²) in [4.78, 5) is 6.88. The Morgan fingerprint density at radius 1 is 1.26 bits per heavy atom. The largest absolute Gasteiger partial charge is 0.364 e. The van der Waals surface area contributed by atoms with E-state index < -0.39 is 0 Å². The van der Waals surface area contributed by atoms with Crippen molar-refractivity contribution in [3.05, 3.63) is 0 Å². The molecule has 0 aliphatic carbocycles. The van der Waals surface area contributed by atoms with E-state index in [4.69, 9.17) is 0 Å². The molecule has 1 unspecified atom stereocenters. The minimum absolute atomic E-state index is 0.273. The molecule has 19 heavy (non-hydrogen) atoms. The van der Waals surface area contributed by atoms with Gasteiger partial charge in [-0.25, -0.2) is 0 Å². The molecular weight excluding hydrogens is 254 g/mol. The lowest BCUT2D eigenvalue weighted by atomic mass is 9.90. The van der Waals surface area contributed by atoms with Crippen molar-refractivity contribution >= 4 is 16.9 Å². The van der Waals surface area contributed by atoms with E-state index in [-0.39, 0.29) is 5.41 Å². The summed E-state index contributed by atoms with van der Waals surface area (Å²) in [5.41, 5.74) is 0.668. The van der Waals surface area contributed by atoms with Crippen molar-refractivity contribution in [2.75, 3.05) is 33.7 Å². The second-order valence-corrected chi connectivity index (χ2v) is 9.20. The number of hydrogen-bond donors (Lipinski definition) is 1. The summed E-state index contributed by atoms with van der Waals surface area (Å²) in [6.45, 7) is 14.6. The summed E-state index contributed by atoms with van der Waals surface area (Å²) < 4.78 is 0. The van der Waals surface area contributed by atoms with E-state index in [1.807, 2.05) is 11.8 Å². The first-order chi connectivity index (χ1) is 8.57.